The highest BCUT2D eigenvalue weighted by atomic mass is 32.1. The SMILES string of the molecule is CC(=O)N(CC(=O)N1CCc2sccc2[C@@H]1c1ccc(C(C)(C)C)cc1)C(C)C. The molecule has 0 aliphatic carbocycles. The monoisotopic (exact) mass is 412 g/mol. The van der Waals surface area contributed by atoms with E-state index < -0.39 is 0 Å². The van der Waals surface area contributed by atoms with Crippen LogP contribution in [0.15, 0.2) is 35.7 Å². The summed E-state index contributed by atoms with van der Waals surface area (Å²) in [5.41, 5.74) is 3.72. The molecule has 3 rings (SSSR count). The maximum atomic E-state index is 13.3. The van der Waals surface area contributed by atoms with E-state index in [0.29, 0.717) is 6.54 Å². The molecule has 2 amide bonds. The van der Waals surface area contributed by atoms with Crippen molar-refractivity contribution in [2.75, 3.05) is 13.1 Å². The van der Waals surface area contributed by atoms with Crippen LogP contribution in [0.2, 0.25) is 0 Å². The van der Waals surface area contributed by atoms with Crippen molar-refractivity contribution >= 4 is 23.2 Å². The Bertz CT molecular complexity index is 877. The molecular formula is C24H32N2O2S. The van der Waals surface area contributed by atoms with Crippen molar-refractivity contribution in [1.82, 2.24) is 9.80 Å². The van der Waals surface area contributed by atoms with Gasteiger partial charge >= 0.3 is 0 Å². The molecule has 0 fully saturated rings. The fourth-order valence-corrected chi connectivity index (χ4v) is 4.91. The Morgan fingerprint density at radius 3 is 2.38 bits per heavy atom. The molecule has 1 aromatic heterocycles. The zero-order valence-corrected chi connectivity index (χ0v) is 19.2. The molecule has 0 saturated carbocycles. The maximum Gasteiger partial charge on any atom is 0.243 e. The highest BCUT2D eigenvalue weighted by molar-refractivity contribution is 7.10. The third kappa shape index (κ3) is 4.55. The number of carbonyl (C=O) groups excluding carboxylic acids is 2. The summed E-state index contributed by atoms with van der Waals surface area (Å²) >= 11 is 1.77. The predicted molar refractivity (Wildman–Crippen MR) is 119 cm³/mol. The molecule has 0 spiro atoms. The van der Waals surface area contributed by atoms with E-state index in [9.17, 15) is 9.59 Å². The van der Waals surface area contributed by atoms with Crippen LogP contribution in [-0.4, -0.2) is 40.7 Å². The van der Waals surface area contributed by atoms with Crippen LogP contribution in [0.4, 0.5) is 0 Å². The van der Waals surface area contributed by atoms with Gasteiger partial charge in [-0.2, -0.15) is 0 Å². The normalized spacial score (nSPS) is 16.7. The van der Waals surface area contributed by atoms with Crippen LogP contribution < -0.4 is 0 Å². The molecule has 156 valence electrons. The molecule has 1 aromatic carbocycles. The molecule has 4 nitrogen and oxygen atoms in total. The first-order valence-electron chi connectivity index (χ1n) is 10.3. The molecule has 0 N–H and O–H groups in total. The molecular weight excluding hydrogens is 380 g/mol. The van der Waals surface area contributed by atoms with Crippen LogP contribution in [0.1, 0.15) is 69.2 Å². The number of thiophene rings is 1. The molecule has 2 aromatic rings. The van der Waals surface area contributed by atoms with Crippen LogP contribution in [0.3, 0.4) is 0 Å². The van der Waals surface area contributed by atoms with Crippen molar-refractivity contribution in [2.45, 2.75) is 65.5 Å². The van der Waals surface area contributed by atoms with E-state index >= 15 is 0 Å². The van der Waals surface area contributed by atoms with Gasteiger partial charge in [0.25, 0.3) is 0 Å². The summed E-state index contributed by atoms with van der Waals surface area (Å²) in [6.45, 7) is 12.9. The lowest BCUT2D eigenvalue weighted by atomic mass is 9.85. The van der Waals surface area contributed by atoms with Gasteiger partial charge in [-0.15, -0.1) is 11.3 Å². The van der Waals surface area contributed by atoms with Gasteiger partial charge in [0.05, 0.1) is 12.6 Å². The van der Waals surface area contributed by atoms with Crippen LogP contribution >= 0.6 is 11.3 Å². The summed E-state index contributed by atoms with van der Waals surface area (Å²) in [5, 5.41) is 2.12. The van der Waals surface area contributed by atoms with Gasteiger partial charge in [-0.3, -0.25) is 9.59 Å². The first kappa shape index (κ1) is 21.6. The van der Waals surface area contributed by atoms with E-state index in [0.717, 1.165) is 12.0 Å². The van der Waals surface area contributed by atoms with Crippen molar-refractivity contribution in [3.05, 3.63) is 57.3 Å². The third-order valence-corrected chi connectivity index (χ3v) is 6.71. The molecule has 0 bridgehead atoms. The zero-order valence-electron chi connectivity index (χ0n) is 18.4. The largest absolute Gasteiger partial charge is 0.331 e. The van der Waals surface area contributed by atoms with Gasteiger partial charge in [0.2, 0.25) is 11.8 Å². The minimum atomic E-state index is -0.0903. The van der Waals surface area contributed by atoms with Gasteiger partial charge in [0.15, 0.2) is 0 Å². The lowest BCUT2D eigenvalue weighted by molar-refractivity contribution is -0.142. The van der Waals surface area contributed by atoms with Gasteiger partial charge in [-0.1, -0.05) is 45.0 Å². The van der Waals surface area contributed by atoms with Crippen LogP contribution in [0.25, 0.3) is 0 Å². The molecule has 1 aliphatic heterocycles. The highest BCUT2D eigenvalue weighted by Crippen LogP contribution is 2.38. The fraction of sp³-hybridized carbons (Fsp3) is 0.500. The van der Waals surface area contributed by atoms with Crippen molar-refractivity contribution in [3.63, 3.8) is 0 Å². The summed E-state index contributed by atoms with van der Waals surface area (Å²) in [6.07, 6.45) is 0.872. The molecule has 29 heavy (non-hydrogen) atoms. The quantitative estimate of drug-likeness (QED) is 0.725. The second-order valence-electron chi connectivity index (χ2n) is 9.15. The summed E-state index contributed by atoms with van der Waals surface area (Å²) < 4.78 is 0. The minimum absolute atomic E-state index is 0.00229. The average Bonchev–Trinajstić information content (AvgIpc) is 3.12. The Morgan fingerprint density at radius 1 is 1.17 bits per heavy atom. The lowest BCUT2D eigenvalue weighted by Gasteiger charge is -2.38. The molecule has 0 saturated heterocycles. The van der Waals surface area contributed by atoms with E-state index in [4.69, 9.17) is 0 Å². The molecule has 1 aliphatic rings. The molecule has 0 unspecified atom stereocenters. The number of hydrogen-bond acceptors (Lipinski definition) is 3. The topological polar surface area (TPSA) is 40.6 Å². The Balaban J connectivity index is 1.94. The summed E-state index contributed by atoms with van der Waals surface area (Å²) in [6, 6.07) is 10.7. The van der Waals surface area contributed by atoms with Gasteiger partial charge in [0.1, 0.15) is 0 Å². The maximum absolute atomic E-state index is 13.3. The minimum Gasteiger partial charge on any atom is -0.331 e. The number of amides is 2. The summed E-state index contributed by atoms with van der Waals surface area (Å²) in [5.74, 6) is -0.0525. The first-order chi connectivity index (χ1) is 13.6. The Labute approximate surface area is 178 Å². The first-order valence-corrected chi connectivity index (χ1v) is 11.2. The average molecular weight is 413 g/mol. The Hall–Kier alpha value is -2.14. The van der Waals surface area contributed by atoms with Gasteiger partial charge in [-0.05, 0) is 53.8 Å². The Morgan fingerprint density at radius 2 is 1.83 bits per heavy atom. The Kier molecular flexibility index (Phi) is 6.18. The van der Waals surface area contributed by atoms with Crippen molar-refractivity contribution in [2.24, 2.45) is 0 Å². The molecule has 5 heteroatoms. The molecule has 0 radical (unpaired) electrons. The van der Waals surface area contributed by atoms with E-state index in [1.165, 1.54) is 22.9 Å². The summed E-state index contributed by atoms with van der Waals surface area (Å²) in [7, 11) is 0. The smallest absolute Gasteiger partial charge is 0.243 e. The van der Waals surface area contributed by atoms with Gasteiger partial charge in [-0.25, -0.2) is 0 Å². The van der Waals surface area contributed by atoms with Crippen LogP contribution in [0.5, 0.6) is 0 Å². The number of hydrogen-bond donors (Lipinski definition) is 0. The van der Waals surface area contributed by atoms with E-state index in [1.54, 1.807) is 16.2 Å². The van der Waals surface area contributed by atoms with E-state index in [1.807, 2.05) is 18.7 Å². The number of nitrogens with zero attached hydrogens (tertiary/aromatic N) is 2. The lowest BCUT2D eigenvalue weighted by Crippen LogP contribution is -2.48. The highest BCUT2D eigenvalue weighted by Gasteiger charge is 2.34. The predicted octanol–water partition coefficient (Wildman–Crippen LogP) is 4.78. The van der Waals surface area contributed by atoms with Crippen LogP contribution in [0, 0.1) is 0 Å². The molecule has 2 heterocycles. The van der Waals surface area contributed by atoms with Gasteiger partial charge in [0, 0.05) is 24.4 Å². The number of benzene rings is 1. The van der Waals surface area contributed by atoms with E-state index in [-0.39, 0.29) is 35.9 Å². The van der Waals surface area contributed by atoms with Gasteiger partial charge < -0.3 is 9.80 Å². The van der Waals surface area contributed by atoms with Crippen molar-refractivity contribution in [1.29, 1.82) is 0 Å². The number of rotatable bonds is 4. The number of fused-ring (bicyclic) bond motifs is 1. The summed E-state index contributed by atoms with van der Waals surface area (Å²) in [4.78, 5) is 30.2. The van der Waals surface area contributed by atoms with Crippen LogP contribution in [-0.2, 0) is 21.4 Å². The fourth-order valence-electron chi connectivity index (χ4n) is 4.00. The third-order valence-electron chi connectivity index (χ3n) is 5.71. The second-order valence-corrected chi connectivity index (χ2v) is 10.2. The standard InChI is InChI=1S/C24H32N2O2S/c1-16(2)26(17(3)27)15-22(28)25-13-11-21-20(12-14-29-21)23(25)18-7-9-19(10-8-18)24(4,5)6/h7-10,12,14,16,23H,11,13,15H2,1-6H3/t23-/m0/s1. The van der Waals surface area contributed by atoms with Crippen molar-refractivity contribution in [3.8, 4) is 0 Å². The van der Waals surface area contributed by atoms with E-state index in [2.05, 4.69) is 56.5 Å². The number of carbonyl (C=O) groups is 2. The van der Waals surface area contributed by atoms with Crippen molar-refractivity contribution < 1.29 is 9.59 Å². The zero-order chi connectivity index (χ0) is 21.3. The molecule has 1 atom stereocenters. The second kappa shape index (κ2) is 8.31.